The van der Waals surface area contributed by atoms with Crippen LogP contribution < -0.4 is 10.2 Å². The summed E-state index contributed by atoms with van der Waals surface area (Å²) in [7, 11) is 0. The molecule has 0 fully saturated rings. The van der Waals surface area contributed by atoms with Gasteiger partial charge in [0.2, 0.25) is 0 Å². The van der Waals surface area contributed by atoms with Gasteiger partial charge in [0, 0.05) is 31.0 Å². The van der Waals surface area contributed by atoms with Crippen LogP contribution in [0.4, 0.5) is 24.5 Å². The van der Waals surface area contributed by atoms with Gasteiger partial charge in [0.05, 0.1) is 5.56 Å². The average Bonchev–Trinajstić information content (AvgIpc) is 2.69. The van der Waals surface area contributed by atoms with E-state index in [1.54, 1.807) is 6.07 Å². The van der Waals surface area contributed by atoms with Crippen molar-refractivity contribution in [2.45, 2.75) is 12.7 Å². The molecular formula is C16H15F3N2. The Morgan fingerprint density at radius 2 is 1.76 bits per heavy atom. The molecule has 0 bridgehead atoms. The third-order valence-electron chi connectivity index (χ3n) is 3.59. The Morgan fingerprint density at radius 1 is 1.00 bits per heavy atom. The number of benzene rings is 2. The van der Waals surface area contributed by atoms with E-state index in [1.807, 2.05) is 30.3 Å². The van der Waals surface area contributed by atoms with E-state index >= 15 is 0 Å². The number of halogens is 3. The lowest BCUT2D eigenvalue weighted by Gasteiger charge is -2.25. The summed E-state index contributed by atoms with van der Waals surface area (Å²) in [5.74, 6) is 0. The zero-order valence-electron chi connectivity index (χ0n) is 11.3. The fraction of sp³-hybridized carbons (Fsp3) is 0.250. The van der Waals surface area contributed by atoms with E-state index in [0.717, 1.165) is 30.5 Å². The lowest BCUT2D eigenvalue weighted by molar-refractivity contribution is -0.137. The van der Waals surface area contributed by atoms with Gasteiger partial charge < -0.3 is 10.2 Å². The summed E-state index contributed by atoms with van der Waals surface area (Å²) >= 11 is 0. The molecule has 0 saturated carbocycles. The first-order valence-corrected chi connectivity index (χ1v) is 6.79. The Labute approximate surface area is 121 Å². The Balaban J connectivity index is 2.05. The maximum absolute atomic E-state index is 12.8. The first-order valence-electron chi connectivity index (χ1n) is 6.79. The maximum Gasteiger partial charge on any atom is 0.416 e. The van der Waals surface area contributed by atoms with Gasteiger partial charge in [-0.15, -0.1) is 0 Å². The highest BCUT2D eigenvalue weighted by atomic mass is 19.4. The molecule has 1 aliphatic rings. The van der Waals surface area contributed by atoms with Crippen LogP contribution in [0, 0.1) is 0 Å². The quantitative estimate of drug-likeness (QED) is 0.856. The fourth-order valence-corrected chi connectivity index (χ4v) is 2.58. The van der Waals surface area contributed by atoms with Crippen molar-refractivity contribution in [3.63, 3.8) is 0 Å². The molecule has 0 amide bonds. The molecule has 2 nitrogen and oxygen atoms in total. The van der Waals surface area contributed by atoms with Crippen LogP contribution >= 0.6 is 0 Å². The first kappa shape index (κ1) is 13.9. The molecule has 3 rings (SSSR count). The van der Waals surface area contributed by atoms with Crippen molar-refractivity contribution >= 4 is 11.4 Å². The number of hydrogen-bond donors (Lipinski definition) is 1. The molecule has 5 heteroatoms. The van der Waals surface area contributed by atoms with E-state index in [9.17, 15) is 13.2 Å². The van der Waals surface area contributed by atoms with Gasteiger partial charge in [-0.05, 0) is 35.9 Å². The fourth-order valence-electron chi connectivity index (χ4n) is 2.58. The molecule has 110 valence electrons. The highest BCUT2D eigenvalue weighted by Crippen LogP contribution is 2.35. The van der Waals surface area contributed by atoms with Gasteiger partial charge in [-0.3, -0.25) is 0 Å². The predicted octanol–water partition coefficient (Wildman–Crippen LogP) is 3.95. The smallest absolute Gasteiger partial charge is 0.340 e. The third kappa shape index (κ3) is 2.88. The molecule has 0 saturated heterocycles. The molecule has 2 aromatic carbocycles. The van der Waals surface area contributed by atoms with E-state index < -0.39 is 11.7 Å². The zero-order chi connectivity index (χ0) is 14.9. The predicted molar refractivity (Wildman–Crippen MR) is 76.6 cm³/mol. The van der Waals surface area contributed by atoms with Crippen molar-refractivity contribution in [2.75, 3.05) is 18.0 Å². The van der Waals surface area contributed by atoms with Gasteiger partial charge in [0.15, 0.2) is 0 Å². The van der Waals surface area contributed by atoms with E-state index in [4.69, 9.17) is 0 Å². The van der Waals surface area contributed by atoms with Crippen LogP contribution in [0.15, 0.2) is 48.5 Å². The number of fused-ring (bicyclic) bond motifs is 1. The number of rotatable bonds is 1. The van der Waals surface area contributed by atoms with E-state index in [1.165, 1.54) is 6.07 Å². The van der Waals surface area contributed by atoms with Gasteiger partial charge in [-0.25, -0.2) is 0 Å². The van der Waals surface area contributed by atoms with Crippen molar-refractivity contribution < 1.29 is 13.2 Å². The Kier molecular flexibility index (Phi) is 3.59. The van der Waals surface area contributed by atoms with Crippen LogP contribution in [0.25, 0.3) is 0 Å². The number of nitrogens with one attached hydrogen (secondary N) is 1. The lowest BCUT2D eigenvalue weighted by atomic mass is 10.1. The summed E-state index contributed by atoms with van der Waals surface area (Å²) in [6.45, 7) is 1.90. The first-order chi connectivity index (χ1) is 10.1. The van der Waals surface area contributed by atoms with Crippen LogP contribution in [0.5, 0.6) is 0 Å². The van der Waals surface area contributed by atoms with E-state index in [2.05, 4.69) is 10.2 Å². The summed E-state index contributed by atoms with van der Waals surface area (Å²) in [6.07, 6.45) is -4.31. The molecule has 2 aromatic rings. The number of hydrogen-bond acceptors (Lipinski definition) is 2. The monoisotopic (exact) mass is 292 g/mol. The van der Waals surface area contributed by atoms with Gasteiger partial charge >= 0.3 is 6.18 Å². The van der Waals surface area contributed by atoms with Crippen LogP contribution in [0.2, 0.25) is 0 Å². The van der Waals surface area contributed by atoms with Crippen molar-refractivity contribution in [3.8, 4) is 0 Å². The molecule has 0 radical (unpaired) electrons. The van der Waals surface area contributed by atoms with E-state index in [-0.39, 0.29) is 0 Å². The standard InChI is InChI=1S/C16H15F3N2/c17-16(18,19)13-6-7-15-12(10-13)11-20-8-9-21(15)14-4-2-1-3-5-14/h1-7,10,20H,8-9,11H2. The average molecular weight is 292 g/mol. The van der Waals surface area contributed by atoms with Crippen LogP contribution in [0.1, 0.15) is 11.1 Å². The minimum absolute atomic E-state index is 0.447. The summed E-state index contributed by atoms with van der Waals surface area (Å²) in [6, 6.07) is 13.7. The minimum atomic E-state index is -4.31. The topological polar surface area (TPSA) is 15.3 Å². The second kappa shape index (κ2) is 5.41. The summed E-state index contributed by atoms with van der Waals surface area (Å²) in [5, 5.41) is 3.17. The van der Waals surface area contributed by atoms with Gasteiger partial charge in [0.25, 0.3) is 0 Å². The number of para-hydroxylation sites is 1. The summed E-state index contributed by atoms with van der Waals surface area (Å²) < 4.78 is 38.5. The molecule has 0 spiro atoms. The Morgan fingerprint density at radius 3 is 2.48 bits per heavy atom. The molecule has 0 atom stereocenters. The summed E-state index contributed by atoms with van der Waals surface area (Å²) in [5.41, 5.74) is 1.89. The van der Waals surface area contributed by atoms with E-state index in [0.29, 0.717) is 12.1 Å². The second-order valence-corrected chi connectivity index (χ2v) is 5.01. The maximum atomic E-state index is 12.8. The lowest BCUT2D eigenvalue weighted by Crippen LogP contribution is -2.24. The Bertz CT molecular complexity index is 623. The highest BCUT2D eigenvalue weighted by Gasteiger charge is 2.31. The molecule has 1 aliphatic heterocycles. The number of anilines is 2. The second-order valence-electron chi connectivity index (χ2n) is 5.01. The molecule has 1 N–H and O–H groups in total. The largest absolute Gasteiger partial charge is 0.416 e. The molecule has 0 unspecified atom stereocenters. The van der Waals surface area contributed by atoms with Gasteiger partial charge in [-0.2, -0.15) is 13.2 Å². The SMILES string of the molecule is FC(F)(F)c1ccc2c(c1)CNCCN2c1ccccc1. The van der Waals surface area contributed by atoms with Crippen molar-refractivity contribution in [3.05, 3.63) is 59.7 Å². The molecule has 0 aliphatic carbocycles. The van der Waals surface area contributed by atoms with Crippen LogP contribution in [-0.4, -0.2) is 13.1 Å². The molecule has 21 heavy (non-hydrogen) atoms. The number of nitrogens with zero attached hydrogens (tertiary/aromatic N) is 1. The molecule has 1 heterocycles. The van der Waals surface area contributed by atoms with Crippen molar-refractivity contribution in [1.82, 2.24) is 5.32 Å². The van der Waals surface area contributed by atoms with Crippen LogP contribution in [0.3, 0.4) is 0 Å². The highest BCUT2D eigenvalue weighted by molar-refractivity contribution is 5.67. The van der Waals surface area contributed by atoms with Gasteiger partial charge in [-0.1, -0.05) is 18.2 Å². The van der Waals surface area contributed by atoms with Crippen molar-refractivity contribution in [2.24, 2.45) is 0 Å². The van der Waals surface area contributed by atoms with Gasteiger partial charge in [0.1, 0.15) is 0 Å². The summed E-state index contributed by atoms with van der Waals surface area (Å²) in [4.78, 5) is 2.05. The number of alkyl halides is 3. The minimum Gasteiger partial charge on any atom is -0.340 e. The third-order valence-corrected chi connectivity index (χ3v) is 3.59. The zero-order valence-corrected chi connectivity index (χ0v) is 11.3. The normalized spacial score (nSPS) is 15.5. The Hall–Kier alpha value is -2.01. The molecule has 0 aromatic heterocycles. The molecular weight excluding hydrogens is 277 g/mol. The van der Waals surface area contributed by atoms with Crippen molar-refractivity contribution in [1.29, 1.82) is 0 Å². The van der Waals surface area contributed by atoms with Crippen LogP contribution in [-0.2, 0) is 12.7 Å².